The zero-order valence-corrected chi connectivity index (χ0v) is 14.8. The lowest BCUT2D eigenvalue weighted by atomic mass is 9.72. The standard InChI is InChI=1S/C19H29NO/c1-12(2)13-9-14(18(3,4)5)17-15(10-13)19(6,7)11-16(21)20(17)8/h9-10,12H,11H2,1-8H3. The van der Waals surface area contributed by atoms with Gasteiger partial charge in [-0.3, -0.25) is 4.79 Å². The number of carbonyl (C=O) groups excluding carboxylic acids is 1. The molecule has 0 unspecified atom stereocenters. The molecular formula is C19H29NO. The fraction of sp³-hybridized carbons (Fsp3) is 0.632. The van der Waals surface area contributed by atoms with Gasteiger partial charge in [-0.1, -0.05) is 60.6 Å². The smallest absolute Gasteiger partial charge is 0.227 e. The molecule has 0 fully saturated rings. The van der Waals surface area contributed by atoms with E-state index in [4.69, 9.17) is 0 Å². The normalized spacial score (nSPS) is 18.1. The van der Waals surface area contributed by atoms with Crippen molar-refractivity contribution in [3.63, 3.8) is 0 Å². The van der Waals surface area contributed by atoms with Crippen LogP contribution in [0.5, 0.6) is 0 Å². The zero-order chi connectivity index (χ0) is 16.2. The molecule has 1 amide bonds. The maximum absolute atomic E-state index is 12.4. The SMILES string of the molecule is CC(C)c1cc(C(C)(C)C)c2c(c1)C(C)(C)CC(=O)N2C. The van der Waals surface area contributed by atoms with Crippen molar-refractivity contribution >= 4 is 11.6 Å². The second kappa shape index (κ2) is 4.86. The summed E-state index contributed by atoms with van der Waals surface area (Å²) >= 11 is 0. The van der Waals surface area contributed by atoms with E-state index in [1.165, 1.54) is 16.7 Å². The summed E-state index contributed by atoms with van der Waals surface area (Å²) in [6, 6.07) is 4.62. The summed E-state index contributed by atoms with van der Waals surface area (Å²) in [5.41, 5.74) is 5.04. The van der Waals surface area contributed by atoms with Crippen LogP contribution in [0.15, 0.2) is 12.1 Å². The van der Waals surface area contributed by atoms with Gasteiger partial charge >= 0.3 is 0 Å². The Morgan fingerprint density at radius 3 is 2.24 bits per heavy atom. The highest BCUT2D eigenvalue weighted by Crippen LogP contribution is 2.46. The molecule has 2 nitrogen and oxygen atoms in total. The molecule has 1 heterocycles. The van der Waals surface area contributed by atoms with Gasteiger partial charge in [0.05, 0.1) is 5.69 Å². The van der Waals surface area contributed by atoms with Crippen molar-refractivity contribution < 1.29 is 4.79 Å². The van der Waals surface area contributed by atoms with Crippen molar-refractivity contribution in [2.24, 2.45) is 0 Å². The Morgan fingerprint density at radius 1 is 1.19 bits per heavy atom. The average Bonchev–Trinajstić information content (AvgIpc) is 2.33. The highest BCUT2D eigenvalue weighted by Gasteiger charge is 2.38. The number of carbonyl (C=O) groups is 1. The largest absolute Gasteiger partial charge is 0.315 e. The molecule has 1 aliphatic heterocycles. The van der Waals surface area contributed by atoms with Crippen LogP contribution < -0.4 is 4.90 Å². The molecule has 2 heteroatoms. The van der Waals surface area contributed by atoms with Gasteiger partial charge < -0.3 is 4.90 Å². The Bertz CT molecular complexity index is 559. The Balaban J connectivity index is 2.84. The van der Waals surface area contributed by atoms with E-state index in [0.29, 0.717) is 12.3 Å². The van der Waals surface area contributed by atoms with E-state index in [9.17, 15) is 4.79 Å². The summed E-state index contributed by atoms with van der Waals surface area (Å²) < 4.78 is 0. The van der Waals surface area contributed by atoms with Crippen LogP contribution in [0.4, 0.5) is 5.69 Å². The maximum atomic E-state index is 12.4. The van der Waals surface area contributed by atoms with Gasteiger partial charge in [-0.2, -0.15) is 0 Å². The maximum Gasteiger partial charge on any atom is 0.227 e. The first-order valence-electron chi connectivity index (χ1n) is 7.90. The van der Waals surface area contributed by atoms with E-state index in [1.54, 1.807) is 0 Å². The van der Waals surface area contributed by atoms with Crippen molar-refractivity contribution in [2.75, 3.05) is 11.9 Å². The van der Waals surface area contributed by atoms with Crippen LogP contribution in [-0.4, -0.2) is 13.0 Å². The van der Waals surface area contributed by atoms with E-state index in [-0.39, 0.29) is 16.7 Å². The first-order valence-corrected chi connectivity index (χ1v) is 7.90. The predicted octanol–water partition coefficient (Wildman–Crippen LogP) is 4.75. The Morgan fingerprint density at radius 2 is 1.76 bits per heavy atom. The summed E-state index contributed by atoms with van der Waals surface area (Å²) in [6.45, 7) is 15.5. The minimum atomic E-state index is -0.0934. The van der Waals surface area contributed by atoms with E-state index in [0.717, 1.165) is 5.69 Å². The third kappa shape index (κ3) is 2.73. The summed E-state index contributed by atoms with van der Waals surface area (Å²) in [6.07, 6.45) is 0.585. The van der Waals surface area contributed by atoms with Gasteiger partial charge in [-0.25, -0.2) is 0 Å². The van der Waals surface area contributed by atoms with E-state index in [2.05, 4.69) is 60.6 Å². The molecule has 0 atom stereocenters. The highest BCUT2D eigenvalue weighted by molar-refractivity contribution is 5.98. The average molecular weight is 287 g/mol. The molecule has 0 saturated carbocycles. The predicted molar refractivity (Wildman–Crippen MR) is 90.3 cm³/mol. The summed E-state index contributed by atoms with van der Waals surface area (Å²) in [4.78, 5) is 14.3. The molecule has 0 spiro atoms. The molecule has 2 rings (SSSR count). The molecule has 1 aliphatic rings. The van der Waals surface area contributed by atoms with E-state index >= 15 is 0 Å². The van der Waals surface area contributed by atoms with Crippen LogP contribution in [0.25, 0.3) is 0 Å². The molecule has 0 bridgehead atoms. The number of hydrogen-bond acceptors (Lipinski definition) is 1. The van der Waals surface area contributed by atoms with Crippen molar-refractivity contribution in [2.45, 2.75) is 71.6 Å². The highest BCUT2D eigenvalue weighted by atomic mass is 16.2. The molecule has 0 aliphatic carbocycles. The number of amides is 1. The fourth-order valence-electron chi connectivity index (χ4n) is 3.16. The Hall–Kier alpha value is -1.31. The fourth-order valence-corrected chi connectivity index (χ4v) is 3.16. The molecule has 1 aromatic carbocycles. The van der Waals surface area contributed by atoms with Gasteiger partial charge in [-0.15, -0.1) is 0 Å². The van der Waals surface area contributed by atoms with Crippen LogP contribution in [0.1, 0.15) is 77.5 Å². The van der Waals surface area contributed by atoms with Crippen molar-refractivity contribution in [1.29, 1.82) is 0 Å². The summed E-state index contributed by atoms with van der Waals surface area (Å²) in [7, 11) is 1.92. The monoisotopic (exact) mass is 287 g/mol. The lowest BCUT2D eigenvalue weighted by Gasteiger charge is -2.41. The van der Waals surface area contributed by atoms with Gasteiger partial charge in [0.25, 0.3) is 0 Å². The number of fused-ring (bicyclic) bond motifs is 1. The van der Waals surface area contributed by atoms with Crippen molar-refractivity contribution in [3.8, 4) is 0 Å². The number of benzene rings is 1. The third-order valence-corrected chi connectivity index (χ3v) is 4.64. The lowest BCUT2D eigenvalue weighted by Crippen LogP contribution is -2.41. The van der Waals surface area contributed by atoms with Gasteiger partial charge in [-0.05, 0) is 28.0 Å². The number of anilines is 1. The lowest BCUT2D eigenvalue weighted by molar-refractivity contribution is -0.119. The first-order chi connectivity index (χ1) is 9.45. The van der Waals surface area contributed by atoms with Crippen LogP contribution >= 0.6 is 0 Å². The molecule has 0 radical (unpaired) electrons. The Kier molecular flexibility index (Phi) is 3.72. The second-order valence-corrected chi connectivity index (χ2v) is 8.38. The zero-order valence-electron chi connectivity index (χ0n) is 14.8. The van der Waals surface area contributed by atoms with Crippen molar-refractivity contribution in [1.82, 2.24) is 0 Å². The van der Waals surface area contributed by atoms with E-state index < -0.39 is 0 Å². The molecular weight excluding hydrogens is 258 g/mol. The molecule has 0 N–H and O–H groups in total. The molecule has 1 aromatic rings. The quantitative estimate of drug-likeness (QED) is 0.730. The van der Waals surface area contributed by atoms with Crippen molar-refractivity contribution in [3.05, 3.63) is 28.8 Å². The van der Waals surface area contributed by atoms with Crippen LogP contribution in [0.3, 0.4) is 0 Å². The number of hydrogen-bond donors (Lipinski definition) is 0. The van der Waals surface area contributed by atoms with E-state index in [1.807, 2.05) is 11.9 Å². The first kappa shape index (κ1) is 16.1. The molecule has 21 heavy (non-hydrogen) atoms. The molecule has 116 valence electrons. The second-order valence-electron chi connectivity index (χ2n) is 8.38. The topological polar surface area (TPSA) is 20.3 Å². The number of rotatable bonds is 1. The summed E-state index contributed by atoms with van der Waals surface area (Å²) in [5.74, 6) is 0.713. The van der Waals surface area contributed by atoms with Gasteiger partial charge in [0.2, 0.25) is 5.91 Å². The Labute approximate surface area is 129 Å². The summed E-state index contributed by atoms with van der Waals surface area (Å²) in [5, 5.41) is 0. The van der Waals surface area contributed by atoms with Gasteiger partial charge in [0, 0.05) is 18.9 Å². The minimum absolute atomic E-state index is 0.0247. The van der Waals surface area contributed by atoms with Crippen LogP contribution in [-0.2, 0) is 15.6 Å². The van der Waals surface area contributed by atoms with Crippen LogP contribution in [0, 0.1) is 0 Å². The van der Waals surface area contributed by atoms with Gasteiger partial charge in [0.15, 0.2) is 0 Å². The van der Waals surface area contributed by atoms with Crippen LogP contribution in [0.2, 0.25) is 0 Å². The minimum Gasteiger partial charge on any atom is -0.315 e. The number of nitrogens with zero attached hydrogens (tertiary/aromatic N) is 1. The third-order valence-electron chi connectivity index (χ3n) is 4.64. The molecule has 0 saturated heterocycles. The van der Waals surface area contributed by atoms with Gasteiger partial charge in [0.1, 0.15) is 0 Å². The molecule has 0 aromatic heterocycles.